The van der Waals surface area contributed by atoms with Gasteiger partial charge in [0.05, 0.1) is 6.04 Å². The Kier molecular flexibility index (Phi) is 4.26. The minimum atomic E-state index is 0.582. The maximum absolute atomic E-state index is 4.85. The summed E-state index contributed by atoms with van der Waals surface area (Å²) in [5, 5.41) is 5.41. The first kappa shape index (κ1) is 11.6. The molecule has 4 heteroatoms. The summed E-state index contributed by atoms with van der Waals surface area (Å²) in [6, 6.07) is 1.18. The van der Waals surface area contributed by atoms with Gasteiger partial charge >= 0.3 is 0 Å². The average molecular weight is 244 g/mol. The molecule has 2 nitrogen and oxygen atoms in total. The molecule has 15 heavy (non-hydrogen) atoms. The van der Waals surface area contributed by atoms with Crippen molar-refractivity contribution in [2.24, 2.45) is 4.99 Å². The van der Waals surface area contributed by atoms with E-state index in [4.69, 9.17) is 4.99 Å². The Hall–Kier alpha value is 0.170. The lowest BCUT2D eigenvalue weighted by Gasteiger charge is -2.28. The third kappa shape index (κ3) is 3.59. The first-order valence-corrected chi connectivity index (χ1v) is 7.86. The van der Waals surface area contributed by atoms with Crippen molar-refractivity contribution in [3.63, 3.8) is 0 Å². The lowest BCUT2D eigenvalue weighted by molar-refractivity contribution is 0.583. The number of thioether (sulfide) groups is 2. The SMILES string of the molecule is CC1CC(C)SC(=NC2CCSCC2)N1. The second-order valence-corrected chi connectivity index (χ2v) is 7.14. The van der Waals surface area contributed by atoms with Crippen molar-refractivity contribution in [3.05, 3.63) is 0 Å². The van der Waals surface area contributed by atoms with Crippen LogP contribution in [0.15, 0.2) is 4.99 Å². The van der Waals surface area contributed by atoms with E-state index in [1.807, 2.05) is 11.8 Å². The zero-order chi connectivity index (χ0) is 10.7. The lowest BCUT2D eigenvalue weighted by atomic mass is 10.2. The van der Waals surface area contributed by atoms with Crippen LogP contribution in [0.3, 0.4) is 0 Å². The normalized spacial score (nSPS) is 36.5. The summed E-state index contributed by atoms with van der Waals surface area (Å²) in [6.07, 6.45) is 3.78. The monoisotopic (exact) mass is 244 g/mol. The number of hydrogen-bond donors (Lipinski definition) is 1. The largest absolute Gasteiger partial charge is 0.362 e. The average Bonchev–Trinajstić information content (AvgIpc) is 2.17. The summed E-state index contributed by atoms with van der Waals surface area (Å²) in [4.78, 5) is 4.85. The maximum Gasteiger partial charge on any atom is 0.157 e. The van der Waals surface area contributed by atoms with Gasteiger partial charge in [-0.25, -0.2) is 0 Å². The predicted molar refractivity (Wildman–Crippen MR) is 72.0 cm³/mol. The van der Waals surface area contributed by atoms with Crippen LogP contribution in [0.4, 0.5) is 0 Å². The van der Waals surface area contributed by atoms with Crippen LogP contribution in [-0.4, -0.2) is 34.0 Å². The van der Waals surface area contributed by atoms with Gasteiger partial charge < -0.3 is 5.32 Å². The number of hydrogen-bond acceptors (Lipinski definition) is 3. The quantitative estimate of drug-likeness (QED) is 0.767. The minimum Gasteiger partial charge on any atom is -0.362 e. The molecule has 2 aliphatic heterocycles. The van der Waals surface area contributed by atoms with Crippen molar-refractivity contribution >= 4 is 28.7 Å². The number of nitrogens with zero attached hydrogens (tertiary/aromatic N) is 1. The third-order valence-corrected chi connectivity index (χ3v) is 4.95. The van der Waals surface area contributed by atoms with E-state index in [0.717, 1.165) is 5.25 Å². The highest BCUT2D eigenvalue weighted by atomic mass is 32.2. The molecule has 0 aliphatic carbocycles. The van der Waals surface area contributed by atoms with Crippen LogP contribution in [0.1, 0.15) is 33.1 Å². The van der Waals surface area contributed by atoms with E-state index in [1.165, 1.54) is 35.9 Å². The van der Waals surface area contributed by atoms with Gasteiger partial charge in [0, 0.05) is 11.3 Å². The molecule has 0 saturated carbocycles. The molecule has 1 N–H and O–H groups in total. The molecule has 2 heterocycles. The molecule has 0 aromatic heterocycles. The van der Waals surface area contributed by atoms with Crippen LogP contribution in [0.2, 0.25) is 0 Å². The summed E-state index contributed by atoms with van der Waals surface area (Å²) in [5.74, 6) is 2.58. The van der Waals surface area contributed by atoms with E-state index in [9.17, 15) is 0 Å². The molecular formula is C11H20N2S2. The smallest absolute Gasteiger partial charge is 0.157 e. The van der Waals surface area contributed by atoms with Crippen LogP contribution in [0.5, 0.6) is 0 Å². The van der Waals surface area contributed by atoms with E-state index in [-0.39, 0.29) is 0 Å². The number of rotatable bonds is 1. The topological polar surface area (TPSA) is 24.4 Å². The molecular weight excluding hydrogens is 224 g/mol. The molecule has 2 saturated heterocycles. The van der Waals surface area contributed by atoms with Crippen LogP contribution in [0.25, 0.3) is 0 Å². The van der Waals surface area contributed by atoms with Gasteiger partial charge in [0.25, 0.3) is 0 Å². The second kappa shape index (κ2) is 5.48. The molecule has 2 rings (SSSR count). The van der Waals surface area contributed by atoms with Crippen molar-refractivity contribution in [1.29, 1.82) is 0 Å². The van der Waals surface area contributed by atoms with E-state index in [1.54, 1.807) is 0 Å². The Morgan fingerprint density at radius 3 is 2.67 bits per heavy atom. The second-order valence-electron chi connectivity index (χ2n) is 4.49. The van der Waals surface area contributed by atoms with E-state index < -0.39 is 0 Å². The van der Waals surface area contributed by atoms with Gasteiger partial charge in [-0.15, -0.1) is 0 Å². The van der Waals surface area contributed by atoms with Crippen molar-refractivity contribution in [2.75, 3.05) is 11.5 Å². The minimum absolute atomic E-state index is 0.582. The first-order valence-electron chi connectivity index (χ1n) is 5.83. The van der Waals surface area contributed by atoms with Gasteiger partial charge in [-0.1, -0.05) is 18.7 Å². The molecule has 0 aromatic carbocycles. The summed E-state index contributed by atoms with van der Waals surface area (Å²) in [5.41, 5.74) is 0. The third-order valence-electron chi connectivity index (χ3n) is 2.86. The Labute approximate surface area is 101 Å². The van der Waals surface area contributed by atoms with Gasteiger partial charge in [0.15, 0.2) is 5.17 Å². The number of aliphatic imine (C=N–C) groups is 1. The van der Waals surface area contributed by atoms with Gasteiger partial charge in [0.2, 0.25) is 0 Å². The molecule has 2 unspecified atom stereocenters. The van der Waals surface area contributed by atoms with Crippen molar-refractivity contribution < 1.29 is 0 Å². The van der Waals surface area contributed by atoms with Crippen LogP contribution in [-0.2, 0) is 0 Å². The fraction of sp³-hybridized carbons (Fsp3) is 0.909. The van der Waals surface area contributed by atoms with E-state index in [0.29, 0.717) is 12.1 Å². The Balaban J connectivity index is 1.92. The summed E-state index contributed by atoms with van der Waals surface area (Å²) in [7, 11) is 0. The van der Waals surface area contributed by atoms with E-state index in [2.05, 4.69) is 30.9 Å². The molecule has 0 bridgehead atoms. The van der Waals surface area contributed by atoms with E-state index >= 15 is 0 Å². The Bertz CT molecular complexity index is 225. The van der Waals surface area contributed by atoms with Gasteiger partial charge in [-0.05, 0) is 37.7 Å². The van der Waals surface area contributed by atoms with Crippen molar-refractivity contribution in [1.82, 2.24) is 5.32 Å². The molecule has 0 spiro atoms. The Morgan fingerprint density at radius 1 is 1.27 bits per heavy atom. The Morgan fingerprint density at radius 2 is 2.00 bits per heavy atom. The van der Waals surface area contributed by atoms with Crippen molar-refractivity contribution in [3.8, 4) is 0 Å². The molecule has 2 aliphatic rings. The highest BCUT2D eigenvalue weighted by molar-refractivity contribution is 8.14. The standard InChI is InChI=1S/C11H20N2S2/c1-8-7-9(2)15-11(12-8)13-10-3-5-14-6-4-10/h8-10H,3-7H2,1-2H3,(H,12,13). The molecule has 0 radical (unpaired) electrons. The molecule has 2 fully saturated rings. The number of nitrogens with one attached hydrogen (secondary N) is 1. The van der Waals surface area contributed by atoms with Crippen LogP contribution in [0, 0.1) is 0 Å². The van der Waals surface area contributed by atoms with Gasteiger partial charge in [-0.2, -0.15) is 11.8 Å². The lowest BCUT2D eigenvalue weighted by Crippen LogP contribution is -2.39. The van der Waals surface area contributed by atoms with Gasteiger partial charge in [-0.3, -0.25) is 4.99 Å². The zero-order valence-electron chi connectivity index (χ0n) is 9.53. The fourth-order valence-electron chi connectivity index (χ4n) is 2.09. The summed E-state index contributed by atoms with van der Waals surface area (Å²) in [6.45, 7) is 4.55. The first-order chi connectivity index (χ1) is 7.24. The molecule has 2 atom stereocenters. The fourth-order valence-corrected chi connectivity index (χ4v) is 4.41. The van der Waals surface area contributed by atoms with Gasteiger partial charge in [0.1, 0.15) is 0 Å². The highest BCUT2D eigenvalue weighted by Crippen LogP contribution is 2.25. The predicted octanol–water partition coefficient (Wildman–Crippen LogP) is 2.74. The molecule has 0 amide bonds. The maximum atomic E-state index is 4.85. The number of amidine groups is 1. The van der Waals surface area contributed by atoms with Crippen LogP contribution >= 0.6 is 23.5 Å². The highest BCUT2D eigenvalue weighted by Gasteiger charge is 2.21. The van der Waals surface area contributed by atoms with Crippen LogP contribution < -0.4 is 5.32 Å². The summed E-state index contributed by atoms with van der Waals surface area (Å²) >= 11 is 3.98. The zero-order valence-corrected chi connectivity index (χ0v) is 11.2. The van der Waals surface area contributed by atoms with Crippen molar-refractivity contribution in [2.45, 2.75) is 50.4 Å². The summed E-state index contributed by atoms with van der Waals surface area (Å²) < 4.78 is 0. The molecule has 0 aromatic rings. The molecule has 86 valence electrons.